The first-order valence-corrected chi connectivity index (χ1v) is 4.22. The van der Waals surface area contributed by atoms with Crippen molar-refractivity contribution in [3.05, 3.63) is 30.1 Å². The number of aliphatic hydroxyl groups excluding tert-OH is 2. The van der Waals surface area contributed by atoms with Crippen molar-refractivity contribution in [2.75, 3.05) is 13.2 Å². The van der Waals surface area contributed by atoms with Crippen LogP contribution in [0.25, 0.3) is 0 Å². The molecule has 0 fully saturated rings. The predicted octanol–water partition coefficient (Wildman–Crippen LogP) is -0.476. The molecule has 0 spiro atoms. The van der Waals surface area contributed by atoms with Crippen molar-refractivity contribution in [3.8, 4) is 0 Å². The number of hydrogen-bond acceptors (Lipinski definition) is 4. The third-order valence-electron chi connectivity index (χ3n) is 1.74. The van der Waals surface area contributed by atoms with Gasteiger partial charge in [-0.1, -0.05) is 6.07 Å². The number of aliphatic hydroxyl groups is 2. The lowest BCUT2D eigenvalue weighted by Gasteiger charge is -2.12. The smallest absolute Gasteiger partial charge is 0.0607 e. The van der Waals surface area contributed by atoms with Gasteiger partial charge in [0.2, 0.25) is 0 Å². The van der Waals surface area contributed by atoms with Crippen LogP contribution in [-0.4, -0.2) is 34.5 Å². The maximum atomic E-state index is 8.76. The summed E-state index contributed by atoms with van der Waals surface area (Å²) < 4.78 is 0. The van der Waals surface area contributed by atoms with Crippen LogP contribution in [0, 0.1) is 0 Å². The summed E-state index contributed by atoms with van der Waals surface area (Å²) in [4.78, 5) is 4.09. The molecule has 0 saturated carbocycles. The Hall–Kier alpha value is -0.970. The van der Waals surface area contributed by atoms with Gasteiger partial charge in [-0.05, 0) is 12.1 Å². The SMILES string of the molecule is OCC(CO)NCc1ccccn1. The first-order chi connectivity index (χ1) is 6.36. The fourth-order valence-electron chi connectivity index (χ4n) is 0.938. The van der Waals surface area contributed by atoms with E-state index in [4.69, 9.17) is 10.2 Å². The predicted molar refractivity (Wildman–Crippen MR) is 49.0 cm³/mol. The summed E-state index contributed by atoms with van der Waals surface area (Å²) in [7, 11) is 0. The molecule has 0 saturated heterocycles. The van der Waals surface area contributed by atoms with E-state index in [1.54, 1.807) is 6.20 Å². The second-order valence-corrected chi connectivity index (χ2v) is 2.76. The Morgan fingerprint density at radius 2 is 2.08 bits per heavy atom. The summed E-state index contributed by atoms with van der Waals surface area (Å²) in [6, 6.07) is 5.37. The van der Waals surface area contributed by atoms with E-state index in [0.717, 1.165) is 5.69 Å². The molecule has 3 N–H and O–H groups in total. The van der Waals surface area contributed by atoms with Gasteiger partial charge >= 0.3 is 0 Å². The highest BCUT2D eigenvalue weighted by Gasteiger charge is 2.03. The highest BCUT2D eigenvalue weighted by atomic mass is 16.3. The summed E-state index contributed by atoms with van der Waals surface area (Å²) in [6.45, 7) is 0.430. The maximum absolute atomic E-state index is 8.76. The number of hydrogen-bond donors (Lipinski definition) is 3. The van der Waals surface area contributed by atoms with Crippen LogP contribution in [0.5, 0.6) is 0 Å². The molecule has 0 unspecified atom stereocenters. The van der Waals surface area contributed by atoms with Crippen LogP contribution in [0.2, 0.25) is 0 Å². The number of nitrogens with zero attached hydrogens (tertiary/aromatic N) is 1. The van der Waals surface area contributed by atoms with Crippen LogP contribution >= 0.6 is 0 Å². The van der Waals surface area contributed by atoms with Gasteiger partial charge in [0.25, 0.3) is 0 Å². The molecule has 0 aliphatic heterocycles. The summed E-state index contributed by atoms with van der Waals surface area (Å²) in [5.41, 5.74) is 0.898. The van der Waals surface area contributed by atoms with Crippen molar-refractivity contribution in [2.45, 2.75) is 12.6 Å². The molecule has 0 atom stereocenters. The monoisotopic (exact) mass is 182 g/mol. The molecule has 4 nitrogen and oxygen atoms in total. The van der Waals surface area contributed by atoms with E-state index in [9.17, 15) is 0 Å². The van der Waals surface area contributed by atoms with Crippen molar-refractivity contribution >= 4 is 0 Å². The number of pyridine rings is 1. The van der Waals surface area contributed by atoms with Gasteiger partial charge in [0.1, 0.15) is 0 Å². The van der Waals surface area contributed by atoms with Crippen LogP contribution < -0.4 is 5.32 Å². The van der Waals surface area contributed by atoms with Gasteiger partial charge in [0.15, 0.2) is 0 Å². The molecule has 0 aliphatic carbocycles. The molecule has 0 aromatic carbocycles. The fourth-order valence-corrected chi connectivity index (χ4v) is 0.938. The number of rotatable bonds is 5. The molecule has 1 rings (SSSR count). The van der Waals surface area contributed by atoms with Crippen molar-refractivity contribution in [3.63, 3.8) is 0 Å². The fraction of sp³-hybridized carbons (Fsp3) is 0.444. The Bertz CT molecular complexity index is 224. The quantitative estimate of drug-likeness (QED) is 0.575. The Morgan fingerprint density at radius 3 is 2.62 bits per heavy atom. The summed E-state index contributed by atoms with van der Waals surface area (Å²) in [5, 5.41) is 20.5. The van der Waals surface area contributed by atoms with Gasteiger partial charge in [-0.2, -0.15) is 0 Å². The van der Waals surface area contributed by atoms with Crippen molar-refractivity contribution in [1.29, 1.82) is 0 Å². The zero-order valence-corrected chi connectivity index (χ0v) is 7.35. The van der Waals surface area contributed by atoms with Gasteiger partial charge in [0, 0.05) is 12.7 Å². The van der Waals surface area contributed by atoms with E-state index in [1.807, 2.05) is 18.2 Å². The molecule has 4 heteroatoms. The zero-order valence-electron chi connectivity index (χ0n) is 7.35. The average Bonchev–Trinajstić information content (AvgIpc) is 2.21. The third kappa shape index (κ3) is 3.50. The minimum Gasteiger partial charge on any atom is -0.395 e. The first kappa shape index (κ1) is 10.1. The van der Waals surface area contributed by atoms with Gasteiger partial charge in [-0.15, -0.1) is 0 Å². The Kier molecular flexibility index (Phi) is 4.39. The molecule has 72 valence electrons. The molecule has 0 radical (unpaired) electrons. The van der Waals surface area contributed by atoms with Crippen LogP contribution in [-0.2, 0) is 6.54 Å². The average molecular weight is 182 g/mol. The van der Waals surface area contributed by atoms with Crippen LogP contribution in [0.3, 0.4) is 0 Å². The first-order valence-electron chi connectivity index (χ1n) is 4.22. The van der Waals surface area contributed by atoms with Crippen molar-refractivity contribution in [2.24, 2.45) is 0 Å². The lowest BCUT2D eigenvalue weighted by atomic mass is 10.3. The van der Waals surface area contributed by atoms with Gasteiger partial charge in [-0.3, -0.25) is 4.98 Å². The second kappa shape index (κ2) is 5.64. The summed E-state index contributed by atoms with van der Waals surface area (Å²) >= 11 is 0. The maximum Gasteiger partial charge on any atom is 0.0607 e. The summed E-state index contributed by atoms with van der Waals surface area (Å²) in [6.07, 6.45) is 1.71. The van der Waals surface area contributed by atoms with E-state index in [-0.39, 0.29) is 19.3 Å². The Balaban J connectivity index is 2.34. The molecular formula is C9H14N2O2. The number of aromatic nitrogens is 1. The zero-order chi connectivity index (χ0) is 9.52. The molecule has 0 aliphatic rings. The molecule has 13 heavy (non-hydrogen) atoms. The van der Waals surface area contributed by atoms with Crippen LogP contribution in [0.1, 0.15) is 5.69 Å². The minimum absolute atomic E-state index is 0.0661. The van der Waals surface area contributed by atoms with Crippen molar-refractivity contribution < 1.29 is 10.2 Å². The van der Waals surface area contributed by atoms with Crippen LogP contribution in [0.4, 0.5) is 0 Å². The van der Waals surface area contributed by atoms with Gasteiger partial charge in [0.05, 0.1) is 24.9 Å². The number of nitrogens with one attached hydrogen (secondary N) is 1. The Labute approximate surface area is 77.2 Å². The third-order valence-corrected chi connectivity index (χ3v) is 1.74. The Morgan fingerprint density at radius 1 is 1.31 bits per heavy atom. The summed E-state index contributed by atoms with van der Waals surface area (Å²) in [5.74, 6) is 0. The molecule has 0 amide bonds. The lowest BCUT2D eigenvalue weighted by Crippen LogP contribution is -2.35. The molecule has 0 bridgehead atoms. The lowest BCUT2D eigenvalue weighted by molar-refractivity contribution is 0.170. The highest BCUT2D eigenvalue weighted by molar-refractivity contribution is 5.03. The van der Waals surface area contributed by atoms with E-state index < -0.39 is 0 Å². The van der Waals surface area contributed by atoms with E-state index >= 15 is 0 Å². The largest absolute Gasteiger partial charge is 0.395 e. The van der Waals surface area contributed by atoms with Gasteiger partial charge < -0.3 is 15.5 Å². The molecule has 1 aromatic rings. The normalized spacial score (nSPS) is 10.7. The van der Waals surface area contributed by atoms with Crippen LogP contribution in [0.15, 0.2) is 24.4 Å². The molecular weight excluding hydrogens is 168 g/mol. The van der Waals surface area contributed by atoms with E-state index in [2.05, 4.69) is 10.3 Å². The van der Waals surface area contributed by atoms with E-state index in [0.29, 0.717) is 6.54 Å². The standard InChI is InChI=1S/C9H14N2O2/c12-6-9(7-13)11-5-8-3-1-2-4-10-8/h1-4,9,11-13H,5-7H2. The molecule has 1 aromatic heterocycles. The second-order valence-electron chi connectivity index (χ2n) is 2.76. The topological polar surface area (TPSA) is 65.4 Å². The van der Waals surface area contributed by atoms with E-state index in [1.165, 1.54) is 0 Å². The highest BCUT2D eigenvalue weighted by Crippen LogP contribution is 1.93. The van der Waals surface area contributed by atoms with Gasteiger partial charge in [-0.25, -0.2) is 0 Å². The van der Waals surface area contributed by atoms with Crippen molar-refractivity contribution in [1.82, 2.24) is 10.3 Å². The minimum atomic E-state index is -0.262. The molecule has 1 heterocycles.